The van der Waals surface area contributed by atoms with E-state index in [9.17, 15) is 17.6 Å². The van der Waals surface area contributed by atoms with Crippen molar-refractivity contribution in [2.24, 2.45) is 11.8 Å². The van der Waals surface area contributed by atoms with Gasteiger partial charge in [-0.05, 0) is 86.9 Å². The van der Waals surface area contributed by atoms with Crippen molar-refractivity contribution in [3.8, 4) is 0 Å². The van der Waals surface area contributed by atoms with Crippen molar-refractivity contribution in [2.75, 3.05) is 26.0 Å². The van der Waals surface area contributed by atoms with Gasteiger partial charge in [0.15, 0.2) is 0 Å². The third-order valence-electron chi connectivity index (χ3n) is 6.97. The summed E-state index contributed by atoms with van der Waals surface area (Å²) in [6, 6.07) is 8.28. The fourth-order valence-electron chi connectivity index (χ4n) is 4.83. The number of carbonyl (C=O) groups is 1. The van der Waals surface area contributed by atoms with Crippen LogP contribution in [0.15, 0.2) is 47.3 Å². The minimum Gasteiger partial charge on any atom is -0.373 e. The van der Waals surface area contributed by atoms with Crippen molar-refractivity contribution >= 4 is 27.5 Å². The summed E-state index contributed by atoms with van der Waals surface area (Å²) in [5.74, 6) is -0.872. The predicted molar refractivity (Wildman–Crippen MR) is 130 cm³/mol. The number of piperidine rings is 1. The molecule has 0 bridgehead atoms. The van der Waals surface area contributed by atoms with Crippen molar-refractivity contribution in [1.82, 2.24) is 9.62 Å². The van der Waals surface area contributed by atoms with Gasteiger partial charge in [-0.1, -0.05) is 23.7 Å². The van der Waals surface area contributed by atoms with Crippen molar-refractivity contribution in [1.29, 1.82) is 0 Å². The van der Waals surface area contributed by atoms with Gasteiger partial charge in [0, 0.05) is 17.5 Å². The summed E-state index contributed by atoms with van der Waals surface area (Å²) >= 11 is 6.15. The first-order chi connectivity index (χ1) is 16.1. The summed E-state index contributed by atoms with van der Waals surface area (Å²) in [4.78, 5) is 14.7. The Labute approximate surface area is 206 Å². The lowest BCUT2D eigenvalue weighted by atomic mass is 9.91. The van der Waals surface area contributed by atoms with E-state index in [-0.39, 0.29) is 17.9 Å². The maximum absolute atomic E-state index is 14.8. The van der Waals surface area contributed by atoms with E-state index in [1.807, 2.05) is 22.9 Å². The first kappa shape index (κ1) is 25.4. The molecule has 1 amide bonds. The minimum absolute atomic E-state index is 0.0283. The second-order valence-electron chi connectivity index (χ2n) is 9.68. The van der Waals surface area contributed by atoms with E-state index in [2.05, 4.69) is 17.9 Å². The standard InChI is InChI=1S/C25H32ClFN2O4S/c1-16(19-4-3-5-20(26)12-19)29-10-8-17(9-11-29)15-33-24-14-23(27)22(13-21(24)18-6-7-18)25(30)28-34(2,31)32/h3-5,12-13,16-18,24H,6-11,14-15H2,1-2H3,(H,28,30). The fourth-order valence-corrected chi connectivity index (χ4v) is 5.48. The summed E-state index contributed by atoms with van der Waals surface area (Å²) < 4.78 is 45.6. The van der Waals surface area contributed by atoms with Gasteiger partial charge in [0.1, 0.15) is 5.83 Å². The molecule has 2 unspecified atom stereocenters. The van der Waals surface area contributed by atoms with Crippen LogP contribution in [0.3, 0.4) is 0 Å². The second kappa shape index (κ2) is 10.5. The Morgan fingerprint density at radius 1 is 1.26 bits per heavy atom. The van der Waals surface area contributed by atoms with Gasteiger partial charge in [-0.15, -0.1) is 0 Å². The van der Waals surface area contributed by atoms with E-state index in [1.165, 1.54) is 11.6 Å². The number of carbonyl (C=O) groups excluding carboxylic acids is 1. The first-order valence-corrected chi connectivity index (χ1v) is 14.1. The number of sulfonamides is 1. The summed E-state index contributed by atoms with van der Waals surface area (Å²) in [5, 5.41) is 0.748. The summed E-state index contributed by atoms with van der Waals surface area (Å²) in [7, 11) is -3.76. The number of likely N-dealkylation sites (tertiary alicyclic amines) is 1. The molecular weight excluding hydrogens is 479 g/mol. The Morgan fingerprint density at radius 3 is 2.59 bits per heavy atom. The smallest absolute Gasteiger partial charge is 0.267 e. The quantitative estimate of drug-likeness (QED) is 0.555. The lowest BCUT2D eigenvalue weighted by molar-refractivity contribution is -0.115. The largest absolute Gasteiger partial charge is 0.373 e. The molecule has 1 N–H and O–H groups in total. The molecule has 0 spiro atoms. The maximum Gasteiger partial charge on any atom is 0.267 e. The summed E-state index contributed by atoms with van der Waals surface area (Å²) in [6.07, 6.45) is 5.93. The van der Waals surface area contributed by atoms with Crippen LogP contribution in [-0.2, 0) is 19.6 Å². The van der Waals surface area contributed by atoms with Crippen LogP contribution in [-0.4, -0.2) is 51.3 Å². The molecule has 0 aromatic heterocycles. The number of nitrogens with zero attached hydrogens (tertiary/aromatic N) is 1. The van der Waals surface area contributed by atoms with Crippen molar-refractivity contribution in [3.05, 3.63) is 57.9 Å². The molecule has 1 aliphatic heterocycles. The SMILES string of the molecule is CC(c1cccc(Cl)c1)N1CCC(COC2CC(F)=C(C(=O)NS(C)(=O)=O)C=C2C2CC2)CC1. The molecule has 4 rings (SSSR count). The topological polar surface area (TPSA) is 75.7 Å². The number of ether oxygens (including phenoxy) is 1. The molecule has 2 atom stereocenters. The molecule has 6 nitrogen and oxygen atoms in total. The molecule has 9 heteroatoms. The number of benzene rings is 1. The van der Waals surface area contributed by atoms with Crippen molar-refractivity contribution in [3.63, 3.8) is 0 Å². The van der Waals surface area contributed by atoms with Crippen molar-refractivity contribution in [2.45, 2.75) is 51.2 Å². The van der Waals surface area contributed by atoms with Crippen LogP contribution in [0.2, 0.25) is 5.02 Å². The molecule has 2 fully saturated rings. The van der Waals surface area contributed by atoms with Gasteiger partial charge in [0.25, 0.3) is 5.91 Å². The van der Waals surface area contributed by atoms with Crippen LogP contribution in [0.5, 0.6) is 0 Å². The second-order valence-corrected chi connectivity index (χ2v) is 11.9. The predicted octanol–water partition coefficient (Wildman–Crippen LogP) is 4.54. The summed E-state index contributed by atoms with van der Waals surface area (Å²) in [6.45, 7) is 4.67. The molecular formula is C25H32ClFN2O4S. The highest BCUT2D eigenvalue weighted by atomic mass is 35.5. The number of hydrogen-bond donors (Lipinski definition) is 1. The van der Waals surface area contributed by atoms with Crippen LogP contribution in [0, 0.1) is 11.8 Å². The lowest BCUT2D eigenvalue weighted by Crippen LogP contribution is -2.37. The molecule has 1 saturated carbocycles. The van der Waals surface area contributed by atoms with Gasteiger partial charge in [-0.3, -0.25) is 9.69 Å². The van der Waals surface area contributed by atoms with Crippen LogP contribution in [0.25, 0.3) is 0 Å². The van der Waals surface area contributed by atoms with E-state index in [0.29, 0.717) is 18.6 Å². The molecule has 2 aliphatic carbocycles. The van der Waals surface area contributed by atoms with Gasteiger partial charge in [-0.25, -0.2) is 17.5 Å². The van der Waals surface area contributed by atoms with Crippen LogP contribution < -0.4 is 4.72 Å². The highest BCUT2D eigenvalue weighted by molar-refractivity contribution is 7.89. The number of amides is 1. The minimum atomic E-state index is -3.76. The van der Waals surface area contributed by atoms with Gasteiger partial charge < -0.3 is 4.74 Å². The first-order valence-electron chi connectivity index (χ1n) is 11.8. The van der Waals surface area contributed by atoms with Gasteiger partial charge in [0.05, 0.1) is 24.5 Å². The molecule has 1 aromatic rings. The molecule has 34 heavy (non-hydrogen) atoms. The van der Waals surface area contributed by atoms with Gasteiger partial charge >= 0.3 is 0 Å². The molecule has 1 heterocycles. The van der Waals surface area contributed by atoms with Crippen LogP contribution in [0.4, 0.5) is 4.39 Å². The third-order valence-corrected chi connectivity index (χ3v) is 7.76. The number of hydrogen-bond acceptors (Lipinski definition) is 5. The average Bonchev–Trinajstić information content (AvgIpc) is 3.61. The zero-order valence-corrected chi connectivity index (χ0v) is 21.2. The summed E-state index contributed by atoms with van der Waals surface area (Å²) in [5.41, 5.74) is 1.92. The van der Waals surface area contributed by atoms with E-state index in [0.717, 1.165) is 55.6 Å². The zero-order chi connectivity index (χ0) is 24.5. The molecule has 1 saturated heterocycles. The molecule has 3 aliphatic rings. The highest BCUT2D eigenvalue weighted by Gasteiger charge is 2.37. The van der Waals surface area contributed by atoms with E-state index < -0.39 is 27.9 Å². The number of halogens is 2. The third kappa shape index (κ3) is 6.47. The van der Waals surface area contributed by atoms with E-state index in [1.54, 1.807) is 0 Å². The average molecular weight is 511 g/mol. The Balaban J connectivity index is 1.32. The molecule has 1 aromatic carbocycles. The van der Waals surface area contributed by atoms with E-state index >= 15 is 0 Å². The number of nitrogens with one attached hydrogen (secondary N) is 1. The molecule has 0 radical (unpaired) electrons. The fraction of sp³-hybridized carbons (Fsp3) is 0.560. The maximum atomic E-state index is 14.8. The van der Waals surface area contributed by atoms with Gasteiger partial charge in [-0.2, -0.15) is 0 Å². The van der Waals surface area contributed by atoms with Gasteiger partial charge in [0.2, 0.25) is 10.0 Å². The highest BCUT2D eigenvalue weighted by Crippen LogP contribution is 2.43. The number of rotatable bonds is 8. The monoisotopic (exact) mass is 510 g/mol. The molecule has 186 valence electrons. The van der Waals surface area contributed by atoms with Crippen molar-refractivity contribution < 1.29 is 22.3 Å². The Hall–Kier alpha value is -1.74. The van der Waals surface area contributed by atoms with Crippen LogP contribution >= 0.6 is 11.6 Å². The Kier molecular flexibility index (Phi) is 7.82. The lowest BCUT2D eigenvalue weighted by Gasteiger charge is -2.37. The zero-order valence-electron chi connectivity index (χ0n) is 19.6. The van der Waals surface area contributed by atoms with Crippen LogP contribution in [0.1, 0.15) is 50.6 Å². The Morgan fingerprint density at radius 2 is 1.97 bits per heavy atom. The van der Waals surface area contributed by atoms with E-state index in [4.69, 9.17) is 16.3 Å². The Bertz CT molecular complexity index is 1090. The normalized spacial score (nSPS) is 23.5.